The Morgan fingerprint density at radius 2 is 2.14 bits per heavy atom. The van der Waals surface area contributed by atoms with Crippen molar-refractivity contribution in [1.29, 1.82) is 0 Å². The fourth-order valence-corrected chi connectivity index (χ4v) is 1.69. The number of hydrogen-bond acceptors (Lipinski definition) is 4. The minimum atomic E-state index is 0. The zero-order valence-electron chi connectivity index (χ0n) is 8.32. The lowest BCUT2D eigenvalue weighted by atomic mass is 10.1. The van der Waals surface area contributed by atoms with Gasteiger partial charge in [0.05, 0.1) is 6.04 Å². The second-order valence-corrected chi connectivity index (χ2v) is 3.52. The molecular weight excluding hydrogens is 202 g/mol. The van der Waals surface area contributed by atoms with Crippen molar-refractivity contribution in [2.24, 2.45) is 0 Å². The van der Waals surface area contributed by atoms with Crippen molar-refractivity contribution in [3.8, 4) is 0 Å². The summed E-state index contributed by atoms with van der Waals surface area (Å²) < 4.78 is 5.39. The zero-order chi connectivity index (χ0) is 9.10. The predicted molar refractivity (Wildman–Crippen MR) is 55.5 cm³/mol. The Labute approximate surface area is 89.9 Å². The van der Waals surface area contributed by atoms with Crippen molar-refractivity contribution in [1.82, 2.24) is 15.5 Å². The molecule has 1 unspecified atom stereocenters. The van der Waals surface area contributed by atoms with E-state index in [2.05, 4.69) is 15.5 Å². The molecule has 1 N–H and O–H groups in total. The SMILES string of the molecule is Cc1nnc(C2CCCCCN2)o1.Cl. The van der Waals surface area contributed by atoms with E-state index in [1.807, 2.05) is 6.92 Å². The second kappa shape index (κ2) is 5.32. The summed E-state index contributed by atoms with van der Waals surface area (Å²) in [5.41, 5.74) is 0. The smallest absolute Gasteiger partial charge is 0.233 e. The summed E-state index contributed by atoms with van der Waals surface area (Å²) in [7, 11) is 0. The molecule has 1 atom stereocenters. The van der Waals surface area contributed by atoms with Gasteiger partial charge in [0.15, 0.2) is 0 Å². The first kappa shape index (κ1) is 11.5. The average molecular weight is 218 g/mol. The summed E-state index contributed by atoms with van der Waals surface area (Å²) in [5.74, 6) is 1.40. The summed E-state index contributed by atoms with van der Waals surface area (Å²) in [5, 5.41) is 11.3. The molecule has 1 aromatic rings. The number of aromatic nitrogens is 2. The molecule has 14 heavy (non-hydrogen) atoms. The van der Waals surface area contributed by atoms with Crippen LogP contribution in [0.5, 0.6) is 0 Å². The first-order valence-corrected chi connectivity index (χ1v) is 4.89. The first-order chi connectivity index (χ1) is 6.36. The Hall–Kier alpha value is -0.610. The molecule has 1 saturated heterocycles. The average Bonchev–Trinajstić information content (AvgIpc) is 2.43. The van der Waals surface area contributed by atoms with Crippen LogP contribution in [0.4, 0.5) is 0 Å². The van der Waals surface area contributed by atoms with Crippen molar-refractivity contribution in [3.05, 3.63) is 11.8 Å². The monoisotopic (exact) mass is 217 g/mol. The molecule has 0 radical (unpaired) electrons. The fraction of sp³-hybridized carbons (Fsp3) is 0.778. The van der Waals surface area contributed by atoms with E-state index in [0.29, 0.717) is 5.89 Å². The molecule has 5 heteroatoms. The van der Waals surface area contributed by atoms with Crippen LogP contribution in [0, 0.1) is 6.92 Å². The van der Waals surface area contributed by atoms with E-state index in [0.717, 1.165) is 18.9 Å². The van der Waals surface area contributed by atoms with E-state index in [1.54, 1.807) is 0 Å². The highest BCUT2D eigenvalue weighted by Gasteiger charge is 2.18. The minimum Gasteiger partial charge on any atom is -0.424 e. The van der Waals surface area contributed by atoms with Gasteiger partial charge in [-0.1, -0.05) is 12.8 Å². The van der Waals surface area contributed by atoms with Gasteiger partial charge in [0.1, 0.15) is 0 Å². The lowest BCUT2D eigenvalue weighted by Crippen LogP contribution is -2.20. The van der Waals surface area contributed by atoms with Gasteiger partial charge in [-0.25, -0.2) is 0 Å². The highest BCUT2D eigenvalue weighted by molar-refractivity contribution is 5.85. The van der Waals surface area contributed by atoms with E-state index < -0.39 is 0 Å². The summed E-state index contributed by atoms with van der Waals surface area (Å²) in [6, 6.07) is 0.281. The molecule has 2 heterocycles. The first-order valence-electron chi connectivity index (χ1n) is 4.89. The highest BCUT2D eigenvalue weighted by Crippen LogP contribution is 2.21. The van der Waals surface area contributed by atoms with Crippen LogP contribution in [0.1, 0.15) is 43.5 Å². The molecule has 0 aliphatic carbocycles. The minimum absolute atomic E-state index is 0. The third kappa shape index (κ3) is 2.69. The second-order valence-electron chi connectivity index (χ2n) is 3.52. The van der Waals surface area contributed by atoms with Gasteiger partial charge in [-0.2, -0.15) is 0 Å². The molecule has 1 aromatic heterocycles. The van der Waals surface area contributed by atoms with Gasteiger partial charge >= 0.3 is 0 Å². The number of halogens is 1. The van der Waals surface area contributed by atoms with Crippen LogP contribution in [0.2, 0.25) is 0 Å². The Morgan fingerprint density at radius 3 is 2.86 bits per heavy atom. The Bertz CT molecular complexity index is 269. The van der Waals surface area contributed by atoms with Crippen LogP contribution in [0.15, 0.2) is 4.42 Å². The largest absolute Gasteiger partial charge is 0.424 e. The number of aryl methyl sites for hydroxylation is 1. The summed E-state index contributed by atoms with van der Waals surface area (Å²) in [6.07, 6.45) is 4.92. The Balaban J connectivity index is 0.000000980. The lowest BCUT2D eigenvalue weighted by Gasteiger charge is -2.09. The maximum Gasteiger partial charge on any atom is 0.233 e. The highest BCUT2D eigenvalue weighted by atomic mass is 35.5. The van der Waals surface area contributed by atoms with Gasteiger partial charge in [-0.15, -0.1) is 22.6 Å². The molecule has 0 amide bonds. The van der Waals surface area contributed by atoms with Gasteiger partial charge < -0.3 is 9.73 Å². The molecule has 0 bridgehead atoms. The standard InChI is InChI=1S/C9H15N3O.ClH/c1-7-11-12-9(13-7)8-5-3-2-4-6-10-8;/h8,10H,2-6H2,1H3;1H. The van der Waals surface area contributed by atoms with Gasteiger partial charge in [0.2, 0.25) is 11.8 Å². The molecule has 1 aliphatic heterocycles. The summed E-state index contributed by atoms with van der Waals surface area (Å²) in [6.45, 7) is 2.89. The van der Waals surface area contributed by atoms with Crippen LogP contribution >= 0.6 is 12.4 Å². The van der Waals surface area contributed by atoms with Crippen LogP contribution in [0.3, 0.4) is 0 Å². The Morgan fingerprint density at radius 1 is 1.29 bits per heavy atom. The van der Waals surface area contributed by atoms with Gasteiger partial charge in [-0.3, -0.25) is 0 Å². The van der Waals surface area contributed by atoms with Gasteiger partial charge in [0.25, 0.3) is 0 Å². The molecule has 0 saturated carbocycles. The molecule has 2 rings (SSSR count). The Kier molecular flexibility index (Phi) is 4.35. The van der Waals surface area contributed by atoms with Crippen molar-refractivity contribution in [2.45, 2.75) is 38.6 Å². The maximum absolute atomic E-state index is 5.39. The predicted octanol–water partition coefficient (Wildman–Crippen LogP) is 2.00. The third-order valence-corrected chi connectivity index (χ3v) is 2.40. The van der Waals surface area contributed by atoms with Crippen molar-refractivity contribution < 1.29 is 4.42 Å². The lowest BCUT2D eigenvalue weighted by molar-refractivity contribution is 0.383. The molecule has 0 spiro atoms. The van der Waals surface area contributed by atoms with Crippen molar-refractivity contribution in [2.75, 3.05) is 6.54 Å². The van der Waals surface area contributed by atoms with Crippen LogP contribution in [-0.2, 0) is 0 Å². The van der Waals surface area contributed by atoms with Crippen LogP contribution < -0.4 is 5.32 Å². The van der Waals surface area contributed by atoms with E-state index in [-0.39, 0.29) is 18.4 Å². The molecule has 1 aliphatic rings. The van der Waals surface area contributed by atoms with Crippen LogP contribution in [-0.4, -0.2) is 16.7 Å². The van der Waals surface area contributed by atoms with Crippen molar-refractivity contribution in [3.63, 3.8) is 0 Å². The molecule has 1 fully saturated rings. The van der Waals surface area contributed by atoms with E-state index >= 15 is 0 Å². The van der Waals surface area contributed by atoms with Gasteiger partial charge in [0, 0.05) is 6.92 Å². The molecule has 80 valence electrons. The van der Waals surface area contributed by atoms with Gasteiger partial charge in [-0.05, 0) is 19.4 Å². The third-order valence-electron chi connectivity index (χ3n) is 2.40. The van der Waals surface area contributed by atoms with Crippen molar-refractivity contribution >= 4 is 12.4 Å². The molecular formula is C9H16ClN3O. The zero-order valence-corrected chi connectivity index (χ0v) is 9.14. The fourth-order valence-electron chi connectivity index (χ4n) is 1.69. The number of rotatable bonds is 1. The number of hydrogen-bond donors (Lipinski definition) is 1. The van der Waals surface area contributed by atoms with E-state index in [9.17, 15) is 0 Å². The van der Waals surface area contributed by atoms with Crippen LogP contribution in [0.25, 0.3) is 0 Å². The normalized spacial score (nSPS) is 22.5. The summed E-state index contributed by atoms with van der Waals surface area (Å²) in [4.78, 5) is 0. The molecule has 0 aromatic carbocycles. The number of nitrogens with one attached hydrogen (secondary N) is 1. The van der Waals surface area contributed by atoms with E-state index in [4.69, 9.17) is 4.42 Å². The quantitative estimate of drug-likeness (QED) is 0.782. The van der Waals surface area contributed by atoms with E-state index in [1.165, 1.54) is 19.3 Å². The summed E-state index contributed by atoms with van der Waals surface area (Å²) >= 11 is 0. The topological polar surface area (TPSA) is 51.0 Å². The number of nitrogens with zero attached hydrogens (tertiary/aromatic N) is 2. The molecule has 4 nitrogen and oxygen atoms in total. The maximum atomic E-state index is 5.39.